The Bertz CT molecular complexity index is 173. The monoisotopic (exact) mass is 199 g/mol. The molecule has 3 heteroatoms. The van der Waals surface area contributed by atoms with Crippen molar-refractivity contribution in [2.24, 2.45) is 0 Å². The first-order valence-electron chi connectivity index (χ1n) is 5.40. The van der Waals surface area contributed by atoms with Crippen LogP contribution in [0.3, 0.4) is 0 Å². The van der Waals surface area contributed by atoms with Crippen molar-refractivity contribution in [1.82, 2.24) is 5.32 Å². The molecule has 3 nitrogen and oxygen atoms in total. The van der Waals surface area contributed by atoms with Gasteiger partial charge >= 0.3 is 0 Å². The Kier molecular flexibility index (Phi) is 5.15. The molecule has 1 heterocycles. The summed E-state index contributed by atoms with van der Waals surface area (Å²) >= 11 is 0. The molecule has 3 unspecified atom stereocenters. The number of aliphatic hydroxyl groups excluding tert-OH is 1. The van der Waals surface area contributed by atoms with Crippen LogP contribution in [0.1, 0.15) is 26.2 Å². The quantitative estimate of drug-likeness (QED) is 0.629. The Morgan fingerprint density at radius 3 is 2.93 bits per heavy atom. The van der Waals surface area contributed by atoms with Crippen molar-refractivity contribution < 1.29 is 9.84 Å². The summed E-state index contributed by atoms with van der Waals surface area (Å²) in [6.45, 7) is 6.97. The fraction of sp³-hybridized carbons (Fsp3) is 0.818. The number of hydrogen-bond donors (Lipinski definition) is 2. The molecule has 0 saturated carbocycles. The fourth-order valence-corrected chi connectivity index (χ4v) is 1.73. The zero-order chi connectivity index (χ0) is 10.4. The second-order valence-electron chi connectivity index (χ2n) is 3.85. The second-order valence-corrected chi connectivity index (χ2v) is 3.85. The lowest BCUT2D eigenvalue weighted by Gasteiger charge is -2.22. The van der Waals surface area contributed by atoms with Gasteiger partial charge in [0, 0.05) is 6.04 Å². The van der Waals surface area contributed by atoms with E-state index in [9.17, 15) is 5.11 Å². The lowest BCUT2D eigenvalue weighted by Crippen LogP contribution is -2.44. The largest absolute Gasteiger partial charge is 0.389 e. The van der Waals surface area contributed by atoms with Gasteiger partial charge in [-0.15, -0.1) is 6.58 Å². The molecule has 0 aliphatic carbocycles. The first-order chi connectivity index (χ1) is 6.77. The van der Waals surface area contributed by atoms with Crippen LogP contribution < -0.4 is 5.32 Å². The van der Waals surface area contributed by atoms with Crippen LogP contribution in [-0.4, -0.2) is 36.5 Å². The van der Waals surface area contributed by atoms with E-state index in [2.05, 4.69) is 18.8 Å². The van der Waals surface area contributed by atoms with Crippen LogP contribution in [0, 0.1) is 0 Å². The standard InChI is InChI=1S/C11H21NO2/c1-3-5-6-9(4-2)12-10-7-14-8-11(10)13/h3,9-13H,1,4-8H2,2H3. The predicted molar refractivity (Wildman–Crippen MR) is 57.3 cm³/mol. The van der Waals surface area contributed by atoms with Crippen molar-refractivity contribution in [1.29, 1.82) is 0 Å². The fourth-order valence-electron chi connectivity index (χ4n) is 1.73. The Balaban J connectivity index is 2.27. The molecule has 14 heavy (non-hydrogen) atoms. The van der Waals surface area contributed by atoms with Crippen molar-refractivity contribution in [2.75, 3.05) is 13.2 Å². The van der Waals surface area contributed by atoms with E-state index >= 15 is 0 Å². The molecule has 0 bridgehead atoms. The minimum Gasteiger partial charge on any atom is -0.389 e. The summed E-state index contributed by atoms with van der Waals surface area (Å²) in [5, 5.41) is 13.0. The van der Waals surface area contributed by atoms with Crippen LogP contribution in [0.15, 0.2) is 12.7 Å². The molecule has 0 radical (unpaired) electrons. The summed E-state index contributed by atoms with van der Waals surface area (Å²) < 4.78 is 5.19. The van der Waals surface area contributed by atoms with E-state index in [4.69, 9.17) is 4.74 Å². The van der Waals surface area contributed by atoms with E-state index in [1.807, 2.05) is 6.08 Å². The summed E-state index contributed by atoms with van der Waals surface area (Å²) in [4.78, 5) is 0. The molecule has 1 rings (SSSR count). The number of ether oxygens (including phenoxy) is 1. The van der Waals surface area contributed by atoms with Gasteiger partial charge < -0.3 is 15.2 Å². The minimum absolute atomic E-state index is 0.116. The molecular formula is C11H21NO2. The number of nitrogens with one attached hydrogen (secondary N) is 1. The van der Waals surface area contributed by atoms with Gasteiger partial charge in [0.25, 0.3) is 0 Å². The number of allylic oxidation sites excluding steroid dienone is 1. The molecule has 0 spiro atoms. The molecule has 2 N–H and O–H groups in total. The van der Waals surface area contributed by atoms with Gasteiger partial charge in [0.15, 0.2) is 0 Å². The van der Waals surface area contributed by atoms with Crippen molar-refractivity contribution in [3.8, 4) is 0 Å². The first kappa shape index (κ1) is 11.7. The van der Waals surface area contributed by atoms with Gasteiger partial charge in [-0.05, 0) is 19.3 Å². The third-order valence-electron chi connectivity index (χ3n) is 2.71. The van der Waals surface area contributed by atoms with E-state index in [0.29, 0.717) is 19.3 Å². The number of hydrogen-bond acceptors (Lipinski definition) is 3. The van der Waals surface area contributed by atoms with E-state index < -0.39 is 0 Å². The molecule has 0 aromatic carbocycles. The van der Waals surface area contributed by atoms with Crippen LogP contribution in [0.25, 0.3) is 0 Å². The van der Waals surface area contributed by atoms with Gasteiger partial charge in [0.2, 0.25) is 0 Å². The van der Waals surface area contributed by atoms with Crippen molar-refractivity contribution in [3.05, 3.63) is 12.7 Å². The second kappa shape index (κ2) is 6.17. The molecule has 3 atom stereocenters. The highest BCUT2D eigenvalue weighted by atomic mass is 16.5. The first-order valence-corrected chi connectivity index (χ1v) is 5.40. The van der Waals surface area contributed by atoms with E-state index in [1.165, 1.54) is 0 Å². The Morgan fingerprint density at radius 2 is 2.43 bits per heavy atom. The number of rotatable bonds is 6. The highest BCUT2D eigenvalue weighted by Crippen LogP contribution is 2.10. The third-order valence-corrected chi connectivity index (χ3v) is 2.71. The van der Waals surface area contributed by atoms with Crippen LogP contribution in [-0.2, 0) is 4.74 Å². The summed E-state index contributed by atoms with van der Waals surface area (Å²) in [7, 11) is 0. The predicted octanol–water partition coefficient (Wildman–Crippen LogP) is 1.08. The Morgan fingerprint density at radius 1 is 1.64 bits per heavy atom. The maximum absolute atomic E-state index is 9.55. The van der Waals surface area contributed by atoms with Gasteiger partial charge in [-0.2, -0.15) is 0 Å². The highest BCUT2D eigenvalue weighted by Gasteiger charge is 2.27. The zero-order valence-corrected chi connectivity index (χ0v) is 8.91. The molecule has 0 aromatic rings. The van der Waals surface area contributed by atoms with Crippen molar-refractivity contribution >= 4 is 0 Å². The van der Waals surface area contributed by atoms with Gasteiger partial charge in [0.1, 0.15) is 0 Å². The summed E-state index contributed by atoms with van der Waals surface area (Å²) in [6, 6.07) is 0.583. The lowest BCUT2D eigenvalue weighted by molar-refractivity contribution is 0.121. The van der Waals surface area contributed by atoms with Gasteiger partial charge in [-0.25, -0.2) is 0 Å². The van der Waals surface area contributed by atoms with Crippen LogP contribution in [0.5, 0.6) is 0 Å². The molecule has 82 valence electrons. The van der Waals surface area contributed by atoms with E-state index in [1.54, 1.807) is 0 Å². The van der Waals surface area contributed by atoms with E-state index in [0.717, 1.165) is 19.3 Å². The summed E-state index contributed by atoms with van der Waals surface area (Å²) in [5.41, 5.74) is 0. The molecule has 1 fully saturated rings. The van der Waals surface area contributed by atoms with Crippen LogP contribution in [0.4, 0.5) is 0 Å². The molecule has 0 aromatic heterocycles. The molecule has 0 amide bonds. The molecule has 1 saturated heterocycles. The smallest absolute Gasteiger partial charge is 0.0948 e. The summed E-state index contributed by atoms with van der Waals surface area (Å²) in [6.07, 6.45) is 4.79. The van der Waals surface area contributed by atoms with Gasteiger partial charge in [-0.3, -0.25) is 0 Å². The molecular weight excluding hydrogens is 178 g/mol. The van der Waals surface area contributed by atoms with Gasteiger partial charge in [-0.1, -0.05) is 13.0 Å². The van der Waals surface area contributed by atoms with Crippen molar-refractivity contribution in [2.45, 2.75) is 44.4 Å². The maximum atomic E-state index is 9.55. The van der Waals surface area contributed by atoms with Crippen molar-refractivity contribution in [3.63, 3.8) is 0 Å². The van der Waals surface area contributed by atoms with Crippen LogP contribution in [0.2, 0.25) is 0 Å². The lowest BCUT2D eigenvalue weighted by atomic mass is 10.1. The average Bonchev–Trinajstić information content (AvgIpc) is 2.59. The Labute approximate surface area is 86.2 Å². The Hall–Kier alpha value is -0.380. The normalized spacial score (nSPS) is 29.0. The number of aliphatic hydroxyl groups is 1. The van der Waals surface area contributed by atoms with Gasteiger partial charge in [0.05, 0.1) is 25.4 Å². The molecule has 1 aliphatic heterocycles. The van der Waals surface area contributed by atoms with Crippen LogP contribution >= 0.6 is 0 Å². The molecule has 1 aliphatic rings. The maximum Gasteiger partial charge on any atom is 0.0948 e. The summed E-state index contributed by atoms with van der Waals surface area (Å²) in [5.74, 6) is 0. The SMILES string of the molecule is C=CCCC(CC)NC1COCC1O. The average molecular weight is 199 g/mol. The van der Waals surface area contributed by atoms with E-state index in [-0.39, 0.29) is 12.1 Å². The highest BCUT2D eigenvalue weighted by molar-refractivity contribution is 4.84. The topological polar surface area (TPSA) is 41.5 Å². The zero-order valence-electron chi connectivity index (χ0n) is 8.91. The minimum atomic E-state index is -0.340. The third kappa shape index (κ3) is 3.40.